The molecule has 0 saturated heterocycles. The average molecular weight is 547 g/mol. The van der Waals surface area contributed by atoms with Crippen molar-refractivity contribution in [2.24, 2.45) is 0 Å². The van der Waals surface area contributed by atoms with Crippen molar-refractivity contribution in [1.82, 2.24) is 4.98 Å². The van der Waals surface area contributed by atoms with E-state index in [-0.39, 0.29) is 22.8 Å². The number of hydrogen-bond donors (Lipinski definition) is 2. The lowest BCUT2D eigenvalue weighted by Gasteiger charge is -2.15. The second kappa shape index (κ2) is 11.0. The molecule has 0 saturated carbocycles. The maximum atomic E-state index is 13.2. The van der Waals surface area contributed by atoms with E-state index in [2.05, 4.69) is 37.6 Å². The number of carbonyl (C=O) groups is 2. The van der Waals surface area contributed by atoms with Crippen molar-refractivity contribution in [3.8, 4) is 17.4 Å². The largest absolute Gasteiger partial charge is 0.464 e. The first-order valence-electron chi connectivity index (χ1n) is 10.5. The summed E-state index contributed by atoms with van der Waals surface area (Å²) in [7, 11) is 0. The number of rotatable bonds is 7. The number of aryl methyl sites for hydroxylation is 1. The Labute approximate surface area is 214 Å². The minimum absolute atomic E-state index is 0.0321. The van der Waals surface area contributed by atoms with Gasteiger partial charge in [-0.1, -0.05) is 45.9 Å². The molecule has 2 aromatic heterocycles. The van der Waals surface area contributed by atoms with Crippen LogP contribution >= 0.6 is 27.7 Å². The highest BCUT2D eigenvalue weighted by Gasteiger charge is 2.26. The zero-order chi connectivity index (χ0) is 24.8. The predicted molar refractivity (Wildman–Crippen MR) is 139 cm³/mol. The highest BCUT2D eigenvalue weighted by atomic mass is 79.9. The number of thioether (sulfide) groups is 1. The van der Waals surface area contributed by atoms with Crippen molar-refractivity contribution in [2.75, 3.05) is 16.4 Å². The van der Waals surface area contributed by atoms with E-state index in [1.54, 1.807) is 43.3 Å². The Morgan fingerprint density at radius 3 is 2.40 bits per heavy atom. The van der Waals surface area contributed by atoms with Crippen LogP contribution in [0.3, 0.4) is 0 Å². The normalized spacial score (nSPS) is 10.4. The van der Waals surface area contributed by atoms with Gasteiger partial charge >= 0.3 is 0 Å². The number of carbonyl (C=O) groups excluding carboxylic acids is 2. The molecular weight excluding hydrogens is 528 g/mol. The van der Waals surface area contributed by atoms with E-state index in [9.17, 15) is 14.9 Å². The Hall–Kier alpha value is -3.87. The number of nitrogens with zero attached hydrogens (tertiary/aromatic N) is 2. The summed E-state index contributed by atoms with van der Waals surface area (Å²) in [6, 6.07) is 21.8. The van der Waals surface area contributed by atoms with Crippen molar-refractivity contribution in [1.29, 1.82) is 5.26 Å². The van der Waals surface area contributed by atoms with Crippen molar-refractivity contribution < 1.29 is 14.0 Å². The molecule has 2 aromatic carbocycles. The molecule has 174 valence electrons. The number of halogens is 1. The molecule has 0 radical (unpaired) electrons. The van der Waals surface area contributed by atoms with Gasteiger partial charge in [0.25, 0.3) is 5.91 Å². The number of furan rings is 1. The number of anilines is 2. The number of amides is 2. The maximum Gasteiger partial charge on any atom is 0.258 e. The fourth-order valence-corrected chi connectivity index (χ4v) is 4.51. The SMILES string of the molecule is Cc1nc(SCC(=O)Nc2ccc(Br)cc2)c(C#N)c(-c2ccco2)c1C(=O)Nc1ccccc1. The van der Waals surface area contributed by atoms with Gasteiger partial charge in [-0.05, 0) is 55.5 Å². The van der Waals surface area contributed by atoms with Crippen LogP contribution in [-0.4, -0.2) is 22.6 Å². The van der Waals surface area contributed by atoms with Gasteiger partial charge in [0, 0.05) is 15.8 Å². The van der Waals surface area contributed by atoms with Crippen molar-refractivity contribution in [3.05, 3.63) is 94.3 Å². The Kier molecular flexibility index (Phi) is 7.65. The molecule has 0 bridgehead atoms. The number of benzene rings is 2. The summed E-state index contributed by atoms with van der Waals surface area (Å²) < 4.78 is 6.48. The molecule has 4 rings (SSSR count). The van der Waals surface area contributed by atoms with Crippen LogP contribution in [-0.2, 0) is 4.79 Å². The van der Waals surface area contributed by atoms with Gasteiger partial charge in [-0.2, -0.15) is 5.26 Å². The first kappa shape index (κ1) is 24.3. The summed E-state index contributed by atoms with van der Waals surface area (Å²) in [5.74, 6) is -0.254. The van der Waals surface area contributed by atoms with E-state index >= 15 is 0 Å². The van der Waals surface area contributed by atoms with Gasteiger partial charge in [-0.15, -0.1) is 0 Å². The first-order chi connectivity index (χ1) is 17.0. The van der Waals surface area contributed by atoms with E-state index < -0.39 is 5.91 Å². The molecule has 4 aromatic rings. The lowest BCUT2D eigenvalue weighted by Crippen LogP contribution is -2.18. The highest BCUT2D eigenvalue weighted by Crippen LogP contribution is 2.35. The van der Waals surface area contributed by atoms with Crippen LogP contribution in [0, 0.1) is 18.3 Å². The standard InChI is InChI=1S/C26H19BrN4O3S/c1-16-23(25(33)31-18-6-3-2-4-7-18)24(21-8-5-13-34-21)20(14-28)26(29-16)35-15-22(32)30-19-11-9-17(27)10-12-19/h2-13H,15H2,1H3,(H,30,32)(H,31,33). The molecule has 7 nitrogen and oxygen atoms in total. The van der Waals surface area contributed by atoms with E-state index in [1.807, 2.05) is 30.3 Å². The van der Waals surface area contributed by atoms with Crippen LogP contribution in [0.1, 0.15) is 21.6 Å². The van der Waals surface area contributed by atoms with E-state index in [4.69, 9.17) is 4.42 Å². The molecule has 0 atom stereocenters. The zero-order valence-electron chi connectivity index (χ0n) is 18.5. The van der Waals surface area contributed by atoms with Gasteiger partial charge in [0.2, 0.25) is 5.91 Å². The highest BCUT2D eigenvalue weighted by molar-refractivity contribution is 9.10. The predicted octanol–water partition coefficient (Wildman–Crippen LogP) is 6.27. The van der Waals surface area contributed by atoms with Gasteiger partial charge in [-0.3, -0.25) is 9.59 Å². The minimum atomic E-state index is -0.409. The molecule has 0 unspecified atom stereocenters. The van der Waals surface area contributed by atoms with E-state index in [1.165, 1.54) is 6.26 Å². The number of hydrogen-bond acceptors (Lipinski definition) is 6. The molecule has 2 amide bonds. The molecule has 0 fully saturated rings. The zero-order valence-corrected chi connectivity index (χ0v) is 20.9. The molecule has 0 aliphatic rings. The monoisotopic (exact) mass is 546 g/mol. The summed E-state index contributed by atoms with van der Waals surface area (Å²) in [5.41, 5.74) is 2.44. The van der Waals surface area contributed by atoms with Crippen LogP contribution in [0.4, 0.5) is 11.4 Å². The number of nitriles is 1. The number of pyridine rings is 1. The van der Waals surface area contributed by atoms with Gasteiger partial charge in [0.15, 0.2) is 0 Å². The Morgan fingerprint density at radius 1 is 1.03 bits per heavy atom. The smallest absolute Gasteiger partial charge is 0.258 e. The Morgan fingerprint density at radius 2 is 1.74 bits per heavy atom. The summed E-state index contributed by atoms with van der Waals surface area (Å²) in [6.45, 7) is 1.69. The second-order valence-electron chi connectivity index (χ2n) is 7.38. The summed E-state index contributed by atoms with van der Waals surface area (Å²) in [5, 5.41) is 16.0. The van der Waals surface area contributed by atoms with Crippen LogP contribution < -0.4 is 10.6 Å². The van der Waals surface area contributed by atoms with Gasteiger partial charge in [0.05, 0.1) is 34.4 Å². The van der Waals surface area contributed by atoms with Crippen LogP contribution in [0.25, 0.3) is 11.3 Å². The third-order valence-electron chi connectivity index (χ3n) is 4.95. The van der Waals surface area contributed by atoms with Crippen LogP contribution in [0.5, 0.6) is 0 Å². The molecule has 9 heteroatoms. The minimum Gasteiger partial charge on any atom is -0.464 e. The maximum absolute atomic E-state index is 13.2. The number of nitrogens with one attached hydrogen (secondary N) is 2. The first-order valence-corrected chi connectivity index (χ1v) is 12.3. The molecule has 2 heterocycles. The summed E-state index contributed by atoms with van der Waals surface area (Å²) >= 11 is 4.49. The van der Waals surface area contributed by atoms with Gasteiger partial charge in [-0.25, -0.2) is 4.98 Å². The Bertz CT molecular complexity index is 1400. The molecule has 0 aliphatic heterocycles. The molecule has 35 heavy (non-hydrogen) atoms. The number of para-hydroxylation sites is 1. The fourth-order valence-electron chi connectivity index (χ4n) is 3.41. The fraction of sp³-hybridized carbons (Fsp3) is 0.0769. The third-order valence-corrected chi connectivity index (χ3v) is 6.46. The third kappa shape index (κ3) is 5.80. The topological polar surface area (TPSA) is 108 Å². The summed E-state index contributed by atoms with van der Waals surface area (Å²) in [4.78, 5) is 30.3. The lowest BCUT2D eigenvalue weighted by molar-refractivity contribution is -0.113. The van der Waals surface area contributed by atoms with Crippen molar-refractivity contribution >= 4 is 50.9 Å². The Balaban J connectivity index is 1.65. The quantitative estimate of drug-likeness (QED) is 0.264. The van der Waals surface area contributed by atoms with Crippen LogP contribution in [0.15, 0.2) is 86.9 Å². The lowest BCUT2D eigenvalue weighted by atomic mass is 9.99. The van der Waals surface area contributed by atoms with Crippen LogP contribution in [0.2, 0.25) is 0 Å². The van der Waals surface area contributed by atoms with E-state index in [0.29, 0.717) is 33.4 Å². The van der Waals surface area contributed by atoms with E-state index in [0.717, 1.165) is 16.2 Å². The second-order valence-corrected chi connectivity index (χ2v) is 9.26. The van der Waals surface area contributed by atoms with Gasteiger partial charge < -0.3 is 15.1 Å². The molecule has 2 N–H and O–H groups in total. The average Bonchev–Trinajstić information content (AvgIpc) is 3.39. The molecule has 0 aliphatic carbocycles. The van der Waals surface area contributed by atoms with Crippen molar-refractivity contribution in [2.45, 2.75) is 11.9 Å². The molecule has 0 spiro atoms. The molecular formula is C26H19BrN4O3S. The van der Waals surface area contributed by atoms with Crippen molar-refractivity contribution in [3.63, 3.8) is 0 Å². The summed E-state index contributed by atoms with van der Waals surface area (Å²) in [6.07, 6.45) is 1.48. The number of aromatic nitrogens is 1. The van der Waals surface area contributed by atoms with Gasteiger partial charge in [0.1, 0.15) is 16.9 Å².